The van der Waals surface area contributed by atoms with E-state index in [1.165, 1.54) is 0 Å². The first-order valence-corrected chi connectivity index (χ1v) is 14.1. The van der Waals surface area contributed by atoms with Gasteiger partial charge in [-0.15, -0.1) is 0 Å². The molecule has 0 unspecified atom stereocenters. The van der Waals surface area contributed by atoms with E-state index in [2.05, 4.69) is 4.72 Å². The third-order valence-electron chi connectivity index (χ3n) is 5.02. The van der Waals surface area contributed by atoms with Crippen molar-refractivity contribution in [2.24, 2.45) is 9.86 Å². The number of rotatable bonds is 10. The molecule has 0 aliphatic heterocycles. The Bertz CT molecular complexity index is 1120. The van der Waals surface area contributed by atoms with Crippen molar-refractivity contribution in [2.45, 2.75) is 24.7 Å². The number of Topliss-reactive ketones (excluding diaryl/α,β-unsaturated/α-hetero) is 1. The van der Waals surface area contributed by atoms with Gasteiger partial charge in [0, 0.05) is 0 Å². The van der Waals surface area contributed by atoms with E-state index in [-0.39, 0.29) is 23.0 Å². The maximum absolute atomic E-state index is 13.2. The monoisotopic (exact) mass is 537 g/mol. The summed E-state index contributed by atoms with van der Waals surface area (Å²) in [7, 11) is -3.59. The number of nitrogens with two attached hydrogens (primary N) is 1. The van der Waals surface area contributed by atoms with Crippen LogP contribution in [-0.2, 0) is 27.7 Å². The summed E-state index contributed by atoms with van der Waals surface area (Å²) < 4.78 is 34.3. The van der Waals surface area contributed by atoms with Gasteiger partial charge in [-0.25, -0.2) is 0 Å². The summed E-state index contributed by atoms with van der Waals surface area (Å²) in [6.45, 7) is 2.07. The average molecular weight is 537 g/mol. The molecular formula is C23H26IN2O3S-. The molecule has 3 aromatic carbocycles. The zero-order valence-electron chi connectivity index (χ0n) is 16.8. The van der Waals surface area contributed by atoms with Crippen LogP contribution in [0.15, 0.2) is 71.6 Å². The molecule has 0 saturated heterocycles. The molecule has 3 N–H and O–H groups in total. The summed E-state index contributed by atoms with van der Waals surface area (Å²) in [6.07, 6.45) is 0.949. The predicted molar refractivity (Wildman–Crippen MR) is 116 cm³/mol. The van der Waals surface area contributed by atoms with Gasteiger partial charge in [-0.3, -0.25) is 0 Å². The molecule has 0 saturated carbocycles. The minimum absolute atomic E-state index is 0.117. The molecule has 0 amide bonds. The van der Waals surface area contributed by atoms with E-state index in [1.54, 1.807) is 25.1 Å². The fourth-order valence-electron chi connectivity index (χ4n) is 3.60. The molecule has 0 radical (unpaired) electrons. The van der Waals surface area contributed by atoms with E-state index in [9.17, 15) is 13.2 Å². The molecular weight excluding hydrogens is 511 g/mol. The third-order valence-corrected chi connectivity index (χ3v) is 8.19. The summed E-state index contributed by atoms with van der Waals surface area (Å²) in [6, 6.07) is 20.7. The van der Waals surface area contributed by atoms with E-state index in [0.717, 1.165) is 20.9 Å². The van der Waals surface area contributed by atoms with Gasteiger partial charge < -0.3 is 0 Å². The van der Waals surface area contributed by atoms with Gasteiger partial charge in [0.2, 0.25) is 0 Å². The number of alkyl halides is 1. The van der Waals surface area contributed by atoms with Crippen molar-refractivity contribution in [1.82, 2.24) is 4.72 Å². The molecule has 0 aromatic heterocycles. The van der Waals surface area contributed by atoms with E-state index in [0.29, 0.717) is 18.4 Å². The van der Waals surface area contributed by atoms with Crippen molar-refractivity contribution in [3.63, 3.8) is 0 Å². The summed E-state index contributed by atoms with van der Waals surface area (Å²) in [5, 5.41) is 1.43. The number of nitrogens with one attached hydrogen (secondary N) is 1. The minimum atomic E-state index is -3.59. The number of hydrogen-bond donors (Lipinski definition) is 2. The Hall–Kier alpha value is -1.81. The zero-order valence-corrected chi connectivity index (χ0v) is 19.8. The number of sulfonamides is 1. The van der Waals surface area contributed by atoms with Crippen LogP contribution in [0.4, 0.5) is 0 Å². The summed E-state index contributed by atoms with van der Waals surface area (Å²) in [5.74, 6) is 0.0329. The van der Waals surface area contributed by atoms with Crippen molar-refractivity contribution in [3.05, 3.63) is 77.9 Å². The van der Waals surface area contributed by atoms with Crippen LogP contribution in [0.2, 0.25) is 0 Å². The first-order valence-electron chi connectivity index (χ1n) is 9.81. The fourth-order valence-corrected chi connectivity index (χ4v) is 6.27. The molecule has 0 aliphatic carbocycles. The topological polar surface area (TPSA) is 89.3 Å². The molecule has 0 heterocycles. The van der Waals surface area contributed by atoms with Gasteiger partial charge in [0.15, 0.2) is 0 Å². The molecule has 0 bridgehead atoms. The predicted octanol–water partition coefficient (Wildman–Crippen LogP) is 0.0712. The molecule has 0 aliphatic rings. The second-order valence-corrected chi connectivity index (χ2v) is 10.6. The maximum atomic E-state index is 13.2. The van der Waals surface area contributed by atoms with Gasteiger partial charge in [0.1, 0.15) is 0 Å². The van der Waals surface area contributed by atoms with Crippen LogP contribution < -0.4 is 30.1 Å². The van der Waals surface area contributed by atoms with Crippen LogP contribution in [0.1, 0.15) is 18.1 Å². The molecule has 0 fully saturated rings. The average Bonchev–Trinajstić information content (AvgIpc) is 2.74. The summed E-state index contributed by atoms with van der Waals surface area (Å²) >= 11 is -0.510. The van der Waals surface area contributed by atoms with E-state index in [1.807, 2.05) is 48.5 Å². The molecule has 3 aromatic rings. The Morgan fingerprint density at radius 1 is 1.00 bits per heavy atom. The van der Waals surface area contributed by atoms with E-state index >= 15 is 0 Å². The van der Waals surface area contributed by atoms with Crippen molar-refractivity contribution in [2.75, 3.05) is 11.0 Å². The van der Waals surface area contributed by atoms with Gasteiger partial charge >= 0.3 is 189 Å². The number of ketones is 1. The number of carbonyl (C=O) groups is 1. The Morgan fingerprint density at radius 2 is 1.70 bits per heavy atom. The Morgan fingerprint density at radius 3 is 2.40 bits per heavy atom. The van der Waals surface area contributed by atoms with Gasteiger partial charge in [0.25, 0.3) is 0 Å². The fraction of sp³-hybridized carbons (Fsp3) is 0.261. The second kappa shape index (κ2) is 10.5. The van der Waals surface area contributed by atoms with Crippen LogP contribution in [-0.4, -0.2) is 25.2 Å². The quantitative estimate of drug-likeness (QED) is 0.218. The number of halogens is 1. The van der Waals surface area contributed by atoms with Crippen LogP contribution >= 0.6 is 0 Å². The molecule has 5 nitrogen and oxygen atoms in total. The van der Waals surface area contributed by atoms with Crippen LogP contribution in [0.3, 0.4) is 0 Å². The Kier molecular flexibility index (Phi) is 7.99. The SMILES string of the molecule is CCNS(=O)(=O)c1cccc2c(CC(=O)[C@@H](C[I-]N)Cc3ccccc3)cccc12. The molecule has 7 heteroatoms. The van der Waals surface area contributed by atoms with Crippen molar-refractivity contribution >= 4 is 26.6 Å². The third kappa shape index (κ3) is 5.46. The first kappa shape index (κ1) is 22.9. The second-order valence-electron chi connectivity index (χ2n) is 7.11. The standard InChI is InChI=1S/C23H26IN2O3S/c1-2-26-30(28,29)23-13-7-11-20-18(10-6-12-21(20)23)15-22(27)19(16-24-25)14-17-8-4-3-5-9-17/h3-13,19,26H,2,14-16,25H2,1H3/q-1/t19-/m1/s1. The summed E-state index contributed by atoms with van der Waals surface area (Å²) in [5.41, 5.74) is 1.98. The number of carbonyl (C=O) groups excluding carboxylic acids is 1. The zero-order chi connectivity index (χ0) is 21.6. The molecule has 160 valence electrons. The number of fused-ring (bicyclic) bond motifs is 1. The van der Waals surface area contributed by atoms with Crippen LogP contribution in [0.5, 0.6) is 0 Å². The molecule has 30 heavy (non-hydrogen) atoms. The van der Waals surface area contributed by atoms with E-state index in [4.69, 9.17) is 3.95 Å². The number of benzene rings is 3. The van der Waals surface area contributed by atoms with Crippen LogP contribution in [0.25, 0.3) is 10.8 Å². The molecule has 3 rings (SSSR count). The Labute approximate surface area is 188 Å². The molecule has 0 spiro atoms. The Balaban J connectivity index is 1.92. The first-order chi connectivity index (χ1) is 14.5. The summed E-state index contributed by atoms with van der Waals surface area (Å²) in [4.78, 5) is 13.4. The number of hydrogen-bond acceptors (Lipinski definition) is 4. The van der Waals surface area contributed by atoms with Crippen molar-refractivity contribution in [1.29, 1.82) is 0 Å². The van der Waals surface area contributed by atoms with Gasteiger partial charge in [0.05, 0.1) is 0 Å². The van der Waals surface area contributed by atoms with E-state index < -0.39 is 31.5 Å². The van der Waals surface area contributed by atoms with Gasteiger partial charge in [-0.2, -0.15) is 0 Å². The van der Waals surface area contributed by atoms with Crippen molar-refractivity contribution in [3.8, 4) is 0 Å². The van der Waals surface area contributed by atoms with Crippen LogP contribution in [0, 0.1) is 5.92 Å². The van der Waals surface area contributed by atoms with Gasteiger partial charge in [-0.05, 0) is 0 Å². The van der Waals surface area contributed by atoms with Crippen molar-refractivity contribution < 1.29 is 34.7 Å². The molecule has 1 atom stereocenters. The van der Waals surface area contributed by atoms with Gasteiger partial charge in [-0.1, -0.05) is 0 Å². The normalized spacial score (nSPS) is 12.9.